The van der Waals surface area contributed by atoms with Crippen molar-refractivity contribution < 1.29 is 26.4 Å². The Labute approximate surface area is 183 Å². The molecule has 1 N–H and O–H groups in total. The number of sulfonamides is 1. The molecule has 11 heteroatoms. The van der Waals surface area contributed by atoms with Gasteiger partial charge in [-0.15, -0.1) is 0 Å². The Balaban J connectivity index is 1.76. The molecule has 31 heavy (non-hydrogen) atoms. The molecule has 2 aromatic carbocycles. The van der Waals surface area contributed by atoms with Crippen molar-refractivity contribution in [1.82, 2.24) is 14.5 Å². The van der Waals surface area contributed by atoms with E-state index in [0.29, 0.717) is 26.2 Å². The third kappa shape index (κ3) is 5.57. The minimum absolute atomic E-state index is 0.0406. The van der Waals surface area contributed by atoms with Crippen LogP contribution >= 0.6 is 11.6 Å². The summed E-state index contributed by atoms with van der Waals surface area (Å²) >= 11 is 6.09. The Bertz CT molecular complexity index is 1070. The molecular formula is C20H21ClF3N3O3S. The molecule has 0 aromatic heterocycles. The van der Waals surface area contributed by atoms with Crippen LogP contribution in [0, 0.1) is 0 Å². The molecule has 0 bridgehead atoms. The Morgan fingerprint density at radius 3 is 2.42 bits per heavy atom. The van der Waals surface area contributed by atoms with Gasteiger partial charge >= 0.3 is 6.18 Å². The van der Waals surface area contributed by atoms with Gasteiger partial charge in [0.2, 0.25) is 10.0 Å². The van der Waals surface area contributed by atoms with Crippen LogP contribution in [0.3, 0.4) is 0 Å². The SMILES string of the molecule is CN1CCN(S(=O)(=O)c2ccc(Cl)c(C(=O)NCc3cccc(C(F)(F)F)c3)c2)CC1. The van der Waals surface area contributed by atoms with Crippen molar-refractivity contribution in [2.75, 3.05) is 33.2 Å². The van der Waals surface area contributed by atoms with E-state index in [-0.39, 0.29) is 27.6 Å². The summed E-state index contributed by atoms with van der Waals surface area (Å²) in [5, 5.41) is 2.53. The van der Waals surface area contributed by atoms with Gasteiger partial charge in [0.25, 0.3) is 5.91 Å². The van der Waals surface area contributed by atoms with E-state index in [1.807, 2.05) is 11.9 Å². The van der Waals surface area contributed by atoms with Crippen molar-refractivity contribution in [3.05, 3.63) is 64.2 Å². The second-order valence-electron chi connectivity index (χ2n) is 7.23. The van der Waals surface area contributed by atoms with Gasteiger partial charge in [0, 0.05) is 32.7 Å². The van der Waals surface area contributed by atoms with E-state index in [0.717, 1.165) is 12.1 Å². The average molecular weight is 476 g/mol. The number of amides is 1. The Morgan fingerprint density at radius 2 is 1.77 bits per heavy atom. The first-order chi connectivity index (χ1) is 14.5. The molecule has 1 saturated heterocycles. The minimum atomic E-state index is -4.49. The summed E-state index contributed by atoms with van der Waals surface area (Å²) < 4.78 is 65.7. The third-order valence-electron chi connectivity index (χ3n) is 4.99. The lowest BCUT2D eigenvalue weighted by Gasteiger charge is -2.31. The maximum atomic E-state index is 12.9. The number of carbonyl (C=O) groups is 1. The second kappa shape index (κ2) is 9.15. The summed E-state index contributed by atoms with van der Waals surface area (Å²) in [6.45, 7) is 1.68. The van der Waals surface area contributed by atoms with Gasteiger partial charge in [-0.3, -0.25) is 4.79 Å². The fourth-order valence-corrected chi connectivity index (χ4v) is 4.80. The summed E-state index contributed by atoms with van der Waals surface area (Å²) in [6, 6.07) is 8.43. The van der Waals surface area contributed by atoms with Crippen molar-refractivity contribution in [2.45, 2.75) is 17.6 Å². The molecule has 0 saturated carbocycles. The van der Waals surface area contributed by atoms with E-state index in [4.69, 9.17) is 11.6 Å². The number of likely N-dealkylation sites (N-methyl/N-ethyl adjacent to an activating group) is 1. The number of hydrogen-bond acceptors (Lipinski definition) is 4. The average Bonchev–Trinajstić information content (AvgIpc) is 2.72. The molecule has 1 aliphatic heterocycles. The van der Waals surface area contributed by atoms with Crippen LogP contribution in [0.2, 0.25) is 5.02 Å². The van der Waals surface area contributed by atoms with Crippen molar-refractivity contribution >= 4 is 27.5 Å². The van der Waals surface area contributed by atoms with Crippen LogP contribution in [-0.4, -0.2) is 56.8 Å². The molecule has 1 amide bonds. The highest BCUT2D eigenvalue weighted by Crippen LogP contribution is 2.29. The molecule has 0 spiro atoms. The van der Waals surface area contributed by atoms with Gasteiger partial charge in [-0.2, -0.15) is 17.5 Å². The van der Waals surface area contributed by atoms with Gasteiger partial charge in [-0.05, 0) is 42.9 Å². The van der Waals surface area contributed by atoms with Gasteiger partial charge < -0.3 is 10.2 Å². The van der Waals surface area contributed by atoms with Crippen LogP contribution in [0.15, 0.2) is 47.4 Å². The van der Waals surface area contributed by atoms with Crippen LogP contribution in [0.1, 0.15) is 21.5 Å². The van der Waals surface area contributed by atoms with Crippen LogP contribution in [0.4, 0.5) is 13.2 Å². The fraction of sp³-hybridized carbons (Fsp3) is 0.350. The number of carbonyl (C=O) groups excluding carboxylic acids is 1. The maximum Gasteiger partial charge on any atom is 0.416 e. The predicted molar refractivity (Wildman–Crippen MR) is 110 cm³/mol. The number of nitrogens with one attached hydrogen (secondary N) is 1. The second-order valence-corrected chi connectivity index (χ2v) is 9.57. The summed E-state index contributed by atoms with van der Waals surface area (Å²) in [5.74, 6) is -0.683. The summed E-state index contributed by atoms with van der Waals surface area (Å²) in [5.41, 5.74) is -0.637. The van der Waals surface area contributed by atoms with Crippen LogP contribution in [0.5, 0.6) is 0 Å². The van der Waals surface area contributed by atoms with Gasteiger partial charge in [0.1, 0.15) is 0 Å². The first-order valence-electron chi connectivity index (χ1n) is 9.41. The zero-order valence-electron chi connectivity index (χ0n) is 16.6. The summed E-state index contributed by atoms with van der Waals surface area (Å²) in [4.78, 5) is 14.5. The van der Waals surface area contributed by atoms with Crippen LogP contribution < -0.4 is 5.32 Å². The van der Waals surface area contributed by atoms with E-state index in [2.05, 4.69) is 5.32 Å². The predicted octanol–water partition coefficient (Wildman–Crippen LogP) is 3.22. The number of rotatable bonds is 5. The standard InChI is InChI=1S/C20H21ClF3N3O3S/c1-26-7-9-27(10-8-26)31(29,30)16-5-6-18(21)17(12-16)19(28)25-13-14-3-2-4-15(11-14)20(22,23)24/h2-6,11-12H,7-10,13H2,1H3,(H,25,28). The largest absolute Gasteiger partial charge is 0.416 e. The summed E-state index contributed by atoms with van der Waals surface area (Å²) in [6.07, 6.45) is -4.49. The van der Waals surface area contributed by atoms with Gasteiger partial charge in [0.15, 0.2) is 0 Å². The van der Waals surface area contributed by atoms with Gasteiger partial charge in [-0.25, -0.2) is 8.42 Å². The molecule has 0 unspecified atom stereocenters. The first-order valence-corrected chi connectivity index (χ1v) is 11.2. The molecule has 0 atom stereocenters. The van der Waals surface area contributed by atoms with E-state index in [1.165, 1.54) is 34.6 Å². The lowest BCUT2D eigenvalue weighted by Crippen LogP contribution is -2.47. The number of halogens is 4. The lowest BCUT2D eigenvalue weighted by atomic mass is 10.1. The van der Waals surface area contributed by atoms with Crippen molar-refractivity contribution in [3.63, 3.8) is 0 Å². The molecule has 6 nitrogen and oxygen atoms in total. The number of nitrogens with zero attached hydrogens (tertiary/aromatic N) is 2. The molecule has 1 aliphatic rings. The topological polar surface area (TPSA) is 69.7 Å². The summed E-state index contributed by atoms with van der Waals surface area (Å²) in [7, 11) is -1.90. The smallest absolute Gasteiger partial charge is 0.348 e. The fourth-order valence-electron chi connectivity index (χ4n) is 3.15. The van der Waals surface area contributed by atoms with E-state index in [9.17, 15) is 26.4 Å². The van der Waals surface area contributed by atoms with Crippen LogP contribution in [0.25, 0.3) is 0 Å². The molecule has 1 heterocycles. The highest BCUT2D eigenvalue weighted by Gasteiger charge is 2.31. The van der Waals surface area contributed by atoms with Crippen molar-refractivity contribution in [3.8, 4) is 0 Å². The normalized spacial score (nSPS) is 16.3. The van der Waals surface area contributed by atoms with Crippen molar-refractivity contribution in [1.29, 1.82) is 0 Å². The zero-order valence-corrected chi connectivity index (χ0v) is 18.2. The van der Waals surface area contributed by atoms with E-state index < -0.39 is 27.7 Å². The Kier molecular flexibility index (Phi) is 6.95. The number of alkyl halides is 3. The number of piperazine rings is 1. The number of hydrogen-bond donors (Lipinski definition) is 1. The van der Waals surface area contributed by atoms with Gasteiger partial charge in [0.05, 0.1) is 21.0 Å². The quantitative estimate of drug-likeness (QED) is 0.721. The van der Waals surface area contributed by atoms with Crippen LogP contribution in [-0.2, 0) is 22.7 Å². The highest BCUT2D eigenvalue weighted by molar-refractivity contribution is 7.89. The number of benzene rings is 2. The zero-order chi connectivity index (χ0) is 22.8. The molecule has 2 aromatic rings. The molecule has 0 aliphatic carbocycles. The Morgan fingerprint density at radius 1 is 1.10 bits per heavy atom. The maximum absolute atomic E-state index is 12.9. The third-order valence-corrected chi connectivity index (χ3v) is 7.21. The monoisotopic (exact) mass is 475 g/mol. The van der Waals surface area contributed by atoms with Crippen molar-refractivity contribution in [2.24, 2.45) is 0 Å². The minimum Gasteiger partial charge on any atom is -0.348 e. The van der Waals surface area contributed by atoms with Gasteiger partial charge in [-0.1, -0.05) is 23.7 Å². The molecule has 0 radical (unpaired) electrons. The Hall–Kier alpha value is -2.14. The molecule has 168 valence electrons. The molecular weight excluding hydrogens is 455 g/mol. The first kappa shape index (κ1) is 23.5. The lowest BCUT2D eigenvalue weighted by molar-refractivity contribution is -0.137. The molecule has 3 rings (SSSR count). The molecule has 1 fully saturated rings. The van der Waals surface area contributed by atoms with E-state index in [1.54, 1.807) is 0 Å². The van der Waals surface area contributed by atoms with E-state index >= 15 is 0 Å². The highest BCUT2D eigenvalue weighted by atomic mass is 35.5.